The Kier molecular flexibility index (Phi) is 4.63. The molecular formula is C15H24O3. The normalized spacial score (nSPS) is 11.8. The minimum atomic E-state index is -0.293. The fourth-order valence-electron chi connectivity index (χ4n) is 2.04. The maximum absolute atomic E-state index is 9.57. The molecule has 0 aliphatic carbocycles. The highest BCUT2D eigenvalue weighted by Gasteiger charge is 2.26. The van der Waals surface area contributed by atoms with Crippen LogP contribution >= 0.6 is 0 Å². The molecule has 1 N–H and O–H groups in total. The summed E-state index contributed by atoms with van der Waals surface area (Å²) in [5, 5.41) is 9.57. The van der Waals surface area contributed by atoms with E-state index in [4.69, 9.17) is 9.47 Å². The van der Waals surface area contributed by atoms with Crippen molar-refractivity contribution in [1.82, 2.24) is 0 Å². The van der Waals surface area contributed by atoms with Gasteiger partial charge in [-0.15, -0.1) is 0 Å². The van der Waals surface area contributed by atoms with Gasteiger partial charge in [-0.25, -0.2) is 0 Å². The van der Waals surface area contributed by atoms with Gasteiger partial charge in [0.1, 0.15) is 0 Å². The van der Waals surface area contributed by atoms with Crippen LogP contribution in [0.5, 0.6) is 11.5 Å². The fourth-order valence-corrected chi connectivity index (χ4v) is 2.04. The summed E-state index contributed by atoms with van der Waals surface area (Å²) in [6.45, 7) is 8.43. The van der Waals surface area contributed by atoms with Crippen LogP contribution in [0.2, 0.25) is 0 Å². The van der Waals surface area contributed by atoms with Crippen LogP contribution in [0.25, 0.3) is 0 Å². The molecule has 1 rings (SSSR count). The van der Waals surface area contributed by atoms with Gasteiger partial charge in [0.25, 0.3) is 0 Å². The molecule has 3 heteroatoms. The predicted octanol–water partition coefficient (Wildman–Crippen LogP) is 3.10. The molecule has 18 heavy (non-hydrogen) atoms. The molecule has 1 aromatic rings. The average molecular weight is 252 g/mol. The molecule has 0 fully saturated rings. The number of hydrogen-bond acceptors (Lipinski definition) is 3. The first-order chi connectivity index (χ1) is 8.37. The Morgan fingerprint density at radius 1 is 1.11 bits per heavy atom. The van der Waals surface area contributed by atoms with Gasteiger partial charge in [-0.1, -0.05) is 27.7 Å². The van der Waals surface area contributed by atoms with Gasteiger partial charge in [0.15, 0.2) is 11.5 Å². The number of ether oxygens (including phenoxy) is 2. The number of methoxy groups -OCH3 is 2. The molecule has 0 saturated carbocycles. The van der Waals surface area contributed by atoms with Crippen molar-refractivity contribution < 1.29 is 14.6 Å². The van der Waals surface area contributed by atoms with Crippen LogP contribution in [-0.2, 0) is 5.41 Å². The van der Waals surface area contributed by atoms with Crippen LogP contribution in [0, 0.1) is 0 Å². The molecule has 0 aliphatic heterocycles. The molecule has 0 saturated heterocycles. The van der Waals surface area contributed by atoms with E-state index >= 15 is 0 Å². The molecule has 0 atom stereocenters. The van der Waals surface area contributed by atoms with Crippen LogP contribution in [0.3, 0.4) is 0 Å². The summed E-state index contributed by atoms with van der Waals surface area (Å²) < 4.78 is 10.7. The predicted molar refractivity (Wildman–Crippen MR) is 73.7 cm³/mol. The molecule has 0 radical (unpaired) electrons. The first-order valence-electron chi connectivity index (χ1n) is 6.24. The van der Waals surface area contributed by atoms with Crippen molar-refractivity contribution in [2.45, 2.75) is 39.0 Å². The standard InChI is InChI=1S/C15H24O3/c1-10(2)11-7-13(17-5)14(18-6)8-12(11)15(3,4)9-16/h7-8,10,16H,9H2,1-6H3. The monoisotopic (exact) mass is 252 g/mol. The second-order valence-electron chi connectivity index (χ2n) is 5.49. The maximum Gasteiger partial charge on any atom is 0.161 e. The highest BCUT2D eigenvalue weighted by Crippen LogP contribution is 2.39. The van der Waals surface area contributed by atoms with E-state index in [0.29, 0.717) is 11.7 Å². The molecular weight excluding hydrogens is 228 g/mol. The average Bonchev–Trinajstić information content (AvgIpc) is 2.36. The van der Waals surface area contributed by atoms with Gasteiger partial charge in [0.05, 0.1) is 20.8 Å². The third-order valence-electron chi connectivity index (χ3n) is 3.30. The molecule has 0 aliphatic rings. The number of rotatable bonds is 5. The van der Waals surface area contributed by atoms with Gasteiger partial charge in [-0.3, -0.25) is 0 Å². The van der Waals surface area contributed by atoms with Crippen molar-refractivity contribution in [1.29, 1.82) is 0 Å². The molecule has 3 nitrogen and oxygen atoms in total. The molecule has 0 heterocycles. The van der Waals surface area contributed by atoms with Crippen molar-refractivity contribution >= 4 is 0 Å². The number of hydrogen-bond donors (Lipinski definition) is 1. The first-order valence-corrected chi connectivity index (χ1v) is 6.24. The number of aliphatic hydroxyl groups excluding tert-OH is 1. The van der Waals surface area contributed by atoms with E-state index in [1.54, 1.807) is 14.2 Å². The van der Waals surface area contributed by atoms with Gasteiger partial charge < -0.3 is 14.6 Å². The largest absolute Gasteiger partial charge is 0.493 e. The lowest BCUT2D eigenvalue weighted by Gasteiger charge is -2.28. The summed E-state index contributed by atoms with van der Waals surface area (Å²) in [7, 11) is 3.27. The van der Waals surface area contributed by atoms with Gasteiger partial charge in [0, 0.05) is 5.41 Å². The Bertz CT molecular complexity index is 408. The molecule has 0 spiro atoms. The summed E-state index contributed by atoms with van der Waals surface area (Å²) in [4.78, 5) is 0. The smallest absolute Gasteiger partial charge is 0.161 e. The second kappa shape index (κ2) is 5.61. The summed E-state index contributed by atoms with van der Waals surface area (Å²) in [6.07, 6.45) is 0. The minimum absolute atomic E-state index is 0.0994. The van der Waals surface area contributed by atoms with E-state index < -0.39 is 0 Å². The zero-order valence-corrected chi connectivity index (χ0v) is 12.2. The van der Waals surface area contributed by atoms with E-state index in [0.717, 1.165) is 11.3 Å². The number of benzene rings is 1. The molecule has 0 aromatic heterocycles. The molecule has 0 unspecified atom stereocenters. The van der Waals surface area contributed by atoms with E-state index in [1.165, 1.54) is 5.56 Å². The fraction of sp³-hybridized carbons (Fsp3) is 0.600. The van der Waals surface area contributed by atoms with Crippen LogP contribution in [0.4, 0.5) is 0 Å². The topological polar surface area (TPSA) is 38.7 Å². The lowest BCUT2D eigenvalue weighted by atomic mass is 9.79. The van der Waals surface area contributed by atoms with E-state index in [-0.39, 0.29) is 12.0 Å². The lowest BCUT2D eigenvalue weighted by molar-refractivity contribution is 0.217. The Hall–Kier alpha value is -1.22. The highest BCUT2D eigenvalue weighted by atomic mass is 16.5. The van der Waals surface area contributed by atoms with Crippen LogP contribution < -0.4 is 9.47 Å². The zero-order chi connectivity index (χ0) is 13.9. The van der Waals surface area contributed by atoms with Gasteiger partial charge in [-0.05, 0) is 29.2 Å². The van der Waals surface area contributed by atoms with Gasteiger partial charge >= 0.3 is 0 Å². The molecule has 102 valence electrons. The van der Waals surface area contributed by atoms with Crippen molar-refractivity contribution in [2.24, 2.45) is 0 Å². The summed E-state index contributed by atoms with van der Waals surface area (Å²) >= 11 is 0. The SMILES string of the molecule is COc1cc(C(C)C)c(C(C)(C)CO)cc1OC. The number of aliphatic hydroxyl groups is 1. The Morgan fingerprint density at radius 3 is 2.00 bits per heavy atom. The van der Waals surface area contributed by atoms with Crippen molar-refractivity contribution in [3.63, 3.8) is 0 Å². The van der Waals surface area contributed by atoms with E-state index in [1.807, 2.05) is 26.0 Å². The highest BCUT2D eigenvalue weighted by molar-refractivity contribution is 5.50. The minimum Gasteiger partial charge on any atom is -0.493 e. The molecule has 1 aromatic carbocycles. The first kappa shape index (κ1) is 14.8. The van der Waals surface area contributed by atoms with Gasteiger partial charge in [0.2, 0.25) is 0 Å². The van der Waals surface area contributed by atoms with Gasteiger partial charge in [-0.2, -0.15) is 0 Å². The lowest BCUT2D eigenvalue weighted by Crippen LogP contribution is -2.24. The quantitative estimate of drug-likeness (QED) is 0.875. The van der Waals surface area contributed by atoms with Crippen LogP contribution in [-0.4, -0.2) is 25.9 Å². The summed E-state index contributed by atoms with van der Waals surface area (Å²) in [5.41, 5.74) is 2.00. The Labute approximate surface area is 110 Å². The Balaban J connectivity index is 3.48. The third-order valence-corrected chi connectivity index (χ3v) is 3.30. The van der Waals surface area contributed by atoms with E-state index in [9.17, 15) is 5.11 Å². The maximum atomic E-state index is 9.57. The third kappa shape index (κ3) is 2.78. The Morgan fingerprint density at radius 2 is 1.61 bits per heavy atom. The summed E-state index contributed by atoms with van der Waals surface area (Å²) in [6, 6.07) is 3.99. The van der Waals surface area contributed by atoms with Crippen molar-refractivity contribution in [3.8, 4) is 11.5 Å². The summed E-state index contributed by atoms with van der Waals surface area (Å²) in [5.74, 6) is 1.81. The van der Waals surface area contributed by atoms with Crippen molar-refractivity contribution in [2.75, 3.05) is 20.8 Å². The van der Waals surface area contributed by atoms with Crippen molar-refractivity contribution in [3.05, 3.63) is 23.3 Å². The zero-order valence-electron chi connectivity index (χ0n) is 12.2. The van der Waals surface area contributed by atoms with Crippen LogP contribution in [0.15, 0.2) is 12.1 Å². The molecule has 0 bridgehead atoms. The molecule has 0 amide bonds. The second-order valence-corrected chi connectivity index (χ2v) is 5.49. The van der Waals surface area contributed by atoms with Crippen LogP contribution in [0.1, 0.15) is 44.7 Å². The van der Waals surface area contributed by atoms with E-state index in [2.05, 4.69) is 13.8 Å².